The summed E-state index contributed by atoms with van der Waals surface area (Å²) >= 11 is 0. The van der Waals surface area contributed by atoms with Gasteiger partial charge in [0.25, 0.3) is 0 Å². The van der Waals surface area contributed by atoms with Gasteiger partial charge in [0.1, 0.15) is 17.5 Å². The molecule has 0 N–H and O–H groups in total. The van der Waals surface area contributed by atoms with Gasteiger partial charge in [0, 0.05) is 6.54 Å². The molecule has 86 valence electrons. The number of aromatic nitrogens is 4. The summed E-state index contributed by atoms with van der Waals surface area (Å²) in [7, 11) is 0. The average Bonchev–Trinajstić information content (AvgIpc) is 2.83. The molecule has 0 saturated carbocycles. The minimum Gasteiger partial charge on any atom is -0.322 e. The van der Waals surface area contributed by atoms with E-state index in [9.17, 15) is 0 Å². The SMILES string of the molecule is C#Cc1ncnc2ncn(Cc3ccccc3)c12. The highest BCUT2D eigenvalue weighted by atomic mass is 15.1. The molecule has 2 aromatic heterocycles. The highest BCUT2D eigenvalue weighted by Crippen LogP contribution is 2.14. The van der Waals surface area contributed by atoms with E-state index in [1.807, 2.05) is 22.8 Å². The van der Waals surface area contributed by atoms with Crippen LogP contribution in [0.15, 0.2) is 43.0 Å². The van der Waals surface area contributed by atoms with Gasteiger partial charge in [-0.05, 0) is 11.5 Å². The summed E-state index contributed by atoms with van der Waals surface area (Å²) in [6, 6.07) is 10.1. The smallest absolute Gasteiger partial charge is 0.182 e. The van der Waals surface area contributed by atoms with Crippen LogP contribution < -0.4 is 0 Å². The van der Waals surface area contributed by atoms with Crippen LogP contribution in [-0.4, -0.2) is 19.5 Å². The first-order valence-corrected chi connectivity index (χ1v) is 5.55. The van der Waals surface area contributed by atoms with Crippen molar-refractivity contribution < 1.29 is 0 Å². The molecule has 0 aliphatic rings. The third-order valence-corrected chi connectivity index (χ3v) is 2.74. The number of benzene rings is 1. The molecule has 18 heavy (non-hydrogen) atoms. The molecule has 0 atom stereocenters. The second-order valence-electron chi connectivity index (χ2n) is 3.90. The third kappa shape index (κ3) is 1.72. The lowest BCUT2D eigenvalue weighted by atomic mass is 10.2. The number of nitrogens with zero attached hydrogens (tertiary/aromatic N) is 4. The van der Waals surface area contributed by atoms with E-state index in [4.69, 9.17) is 6.42 Å². The maximum absolute atomic E-state index is 5.46. The van der Waals surface area contributed by atoms with Crippen LogP contribution in [0.3, 0.4) is 0 Å². The molecule has 0 amide bonds. The Balaban J connectivity index is 2.11. The summed E-state index contributed by atoms with van der Waals surface area (Å²) in [6.07, 6.45) is 8.64. The fourth-order valence-electron chi connectivity index (χ4n) is 1.92. The highest BCUT2D eigenvalue weighted by Gasteiger charge is 2.08. The zero-order valence-electron chi connectivity index (χ0n) is 9.61. The lowest BCUT2D eigenvalue weighted by Gasteiger charge is -2.04. The van der Waals surface area contributed by atoms with Crippen molar-refractivity contribution in [3.63, 3.8) is 0 Å². The van der Waals surface area contributed by atoms with E-state index in [0.29, 0.717) is 17.9 Å². The molecule has 4 heteroatoms. The summed E-state index contributed by atoms with van der Waals surface area (Å²) in [5, 5.41) is 0. The molecule has 0 aliphatic heterocycles. The molecule has 4 nitrogen and oxygen atoms in total. The number of hydrogen-bond donors (Lipinski definition) is 0. The monoisotopic (exact) mass is 234 g/mol. The quantitative estimate of drug-likeness (QED) is 0.636. The van der Waals surface area contributed by atoms with Gasteiger partial charge < -0.3 is 4.57 Å². The van der Waals surface area contributed by atoms with Crippen LogP contribution in [0.2, 0.25) is 0 Å². The first kappa shape index (κ1) is 10.5. The molecule has 2 heterocycles. The van der Waals surface area contributed by atoms with Crippen molar-refractivity contribution in [1.82, 2.24) is 19.5 Å². The minimum atomic E-state index is 0.577. The van der Waals surface area contributed by atoms with Crippen molar-refractivity contribution in [1.29, 1.82) is 0 Å². The van der Waals surface area contributed by atoms with Crippen LogP contribution in [0.5, 0.6) is 0 Å². The minimum absolute atomic E-state index is 0.577. The van der Waals surface area contributed by atoms with Crippen molar-refractivity contribution >= 4 is 11.2 Å². The van der Waals surface area contributed by atoms with Crippen LogP contribution in [-0.2, 0) is 6.54 Å². The predicted octanol–water partition coefficient (Wildman–Crippen LogP) is 1.86. The van der Waals surface area contributed by atoms with E-state index >= 15 is 0 Å². The van der Waals surface area contributed by atoms with Gasteiger partial charge in [-0.15, -0.1) is 6.42 Å². The van der Waals surface area contributed by atoms with Crippen LogP contribution >= 0.6 is 0 Å². The molecule has 0 spiro atoms. The van der Waals surface area contributed by atoms with Crippen molar-refractivity contribution in [3.05, 3.63) is 54.2 Å². The topological polar surface area (TPSA) is 43.6 Å². The van der Waals surface area contributed by atoms with Crippen LogP contribution in [0, 0.1) is 12.3 Å². The Bertz CT molecular complexity index is 722. The summed E-state index contributed by atoms with van der Waals surface area (Å²) < 4.78 is 1.97. The van der Waals surface area contributed by atoms with E-state index in [2.05, 4.69) is 33.0 Å². The van der Waals surface area contributed by atoms with Crippen LogP contribution in [0.1, 0.15) is 11.3 Å². The lowest BCUT2D eigenvalue weighted by molar-refractivity contribution is 0.822. The molecule has 0 bridgehead atoms. The second kappa shape index (κ2) is 4.30. The zero-order chi connectivity index (χ0) is 12.4. The summed E-state index contributed by atoms with van der Waals surface area (Å²) in [5.41, 5.74) is 3.20. The second-order valence-corrected chi connectivity index (χ2v) is 3.90. The number of hydrogen-bond acceptors (Lipinski definition) is 3. The Labute approximate surface area is 104 Å². The van der Waals surface area contributed by atoms with Crippen LogP contribution in [0.4, 0.5) is 0 Å². The molecular weight excluding hydrogens is 224 g/mol. The fourth-order valence-corrected chi connectivity index (χ4v) is 1.92. The maximum atomic E-state index is 5.46. The number of fused-ring (bicyclic) bond motifs is 1. The maximum Gasteiger partial charge on any atom is 0.182 e. The van der Waals surface area contributed by atoms with Crippen LogP contribution in [0.25, 0.3) is 11.2 Å². The standard InChI is InChI=1S/C14H10N4/c1-2-12-13-14(16-9-15-12)17-10-18(13)8-11-6-4-3-5-7-11/h1,3-7,9-10H,8H2. The largest absolute Gasteiger partial charge is 0.322 e. The molecule has 0 unspecified atom stereocenters. The molecular formula is C14H10N4. The van der Waals surface area contributed by atoms with Gasteiger partial charge in [0.2, 0.25) is 0 Å². The number of terminal acetylenes is 1. The molecule has 1 aromatic carbocycles. The van der Waals surface area contributed by atoms with Gasteiger partial charge in [-0.2, -0.15) is 0 Å². The summed E-state index contributed by atoms with van der Waals surface area (Å²) in [6.45, 7) is 0.708. The molecule has 3 aromatic rings. The van der Waals surface area contributed by atoms with E-state index in [0.717, 1.165) is 5.52 Å². The van der Waals surface area contributed by atoms with E-state index in [-0.39, 0.29) is 0 Å². The van der Waals surface area contributed by atoms with Gasteiger partial charge >= 0.3 is 0 Å². The Morgan fingerprint density at radius 1 is 1.11 bits per heavy atom. The lowest BCUT2D eigenvalue weighted by Crippen LogP contribution is -2.00. The first-order chi connectivity index (χ1) is 8.88. The van der Waals surface area contributed by atoms with Gasteiger partial charge in [-0.25, -0.2) is 15.0 Å². The average molecular weight is 234 g/mol. The van der Waals surface area contributed by atoms with Gasteiger partial charge in [-0.3, -0.25) is 0 Å². The number of imidazole rings is 1. The Hall–Kier alpha value is -2.67. The van der Waals surface area contributed by atoms with Crippen molar-refractivity contribution in [2.24, 2.45) is 0 Å². The molecule has 0 radical (unpaired) electrons. The van der Waals surface area contributed by atoms with Gasteiger partial charge in [0.15, 0.2) is 5.65 Å². The fraction of sp³-hybridized carbons (Fsp3) is 0.0714. The van der Waals surface area contributed by atoms with E-state index in [1.165, 1.54) is 11.9 Å². The van der Waals surface area contributed by atoms with Crippen molar-refractivity contribution in [3.8, 4) is 12.3 Å². The van der Waals surface area contributed by atoms with Gasteiger partial charge in [-0.1, -0.05) is 30.3 Å². The Morgan fingerprint density at radius 2 is 1.94 bits per heavy atom. The first-order valence-electron chi connectivity index (χ1n) is 5.55. The third-order valence-electron chi connectivity index (χ3n) is 2.74. The van der Waals surface area contributed by atoms with Gasteiger partial charge in [0.05, 0.1) is 6.33 Å². The summed E-state index contributed by atoms with van der Waals surface area (Å²) in [4.78, 5) is 12.4. The van der Waals surface area contributed by atoms with E-state index in [1.54, 1.807) is 6.33 Å². The van der Waals surface area contributed by atoms with Crippen molar-refractivity contribution in [2.75, 3.05) is 0 Å². The molecule has 3 rings (SSSR count). The molecule has 0 aliphatic carbocycles. The zero-order valence-corrected chi connectivity index (χ0v) is 9.61. The molecule has 0 saturated heterocycles. The van der Waals surface area contributed by atoms with Crippen molar-refractivity contribution in [2.45, 2.75) is 6.54 Å². The Morgan fingerprint density at radius 3 is 2.72 bits per heavy atom. The van der Waals surface area contributed by atoms with E-state index < -0.39 is 0 Å². The Kier molecular flexibility index (Phi) is 2.50. The molecule has 0 fully saturated rings. The number of rotatable bonds is 2. The predicted molar refractivity (Wildman–Crippen MR) is 68.8 cm³/mol. The normalized spacial score (nSPS) is 10.4. The highest BCUT2D eigenvalue weighted by molar-refractivity contribution is 5.76. The summed E-state index contributed by atoms with van der Waals surface area (Å²) in [5.74, 6) is 2.57.